The van der Waals surface area contributed by atoms with Crippen LogP contribution in [0.2, 0.25) is 0 Å². The average Bonchev–Trinajstić information content (AvgIpc) is 3.30. The minimum absolute atomic E-state index is 0.0258. The largest absolute Gasteiger partial charge is 0.349 e. The lowest BCUT2D eigenvalue weighted by atomic mass is 9.91. The van der Waals surface area contributed by atoms with E-state index in [2.05, 4.69) is 31.6 Å². The summed E-state index contributed by atoms with van der Waals surface area (Å²) < 4.78 is 2.03. The fourth-order valence-electron chi connectivity index (χ4n) is 4.19. The lowest BCUT2D eigenvalue weighted by Gasteiger charge is -2.29. The standard InChI is InChI=1S/C23H22N6O/c30-23(20-3-1-2-16-8-10-24-13-21(16)20)28-18-4-6-19(7-5-18)29-14-17(12-27-29)22-9-11-25-15-26-22/h1-3,8-15,18-19H,4-7H2,(H,28,30). The molecular weight excluding hydrogens is 376 g/mol. The van der Waals surface area contributed by atoms with E-state index in [-0.39, 0.29) is 11.9 Å². The van der Waals surface area contributed by atoms with Gasteiger partial charge in [0.15, 0.2) is 0 Å². The summed E-state index contributed by atoms with van der Waals surface area (Å²) >= 11 is 0. The molecule has 3 heterocycles. The fraction of sp³-hybridized carbons (Fsp3) is 0.261. The first-order valence-electron chi connectivity index (χ1n) is 10.2. The Kier molecular flexibility index (Phi) is 4.93. The molecule has 5 rings (SSSR count). The molecule has 30 heavy (non-hydrogen) atoms. The van der Waals surface area contributed by atoms with Crippen molar-refractivity contribution in [2.75, 3.05) is 0 Å². The van der Waals surface area contributed by atoms with Gasteiger partial charge < -0.3 is 5.32 Å². The van der Waals surface area contributed by atoms with Crippen LogP contribution in [0.15, 0.2) is 67.6 Å². The molecule has 1 aliphatic rings. The van der Waals surface area contributed by atoms with E-state index in [1.807, 2.05) is 41.2 Å². The van der Waals surface area contributed by atoms with Crippen molar-refractivity contribution in [3.05, 3.63) is 73.2 Å². The zero-order chi connectivity index (χ0) is 20.3. The molecule has 0 bridgehead atoms. The van der Waals surface area contributed by atoms with Crippen LogP contribution in [0.1, 0.15) is 42.1 Å². The average molecular weight is 398 g/mol. The SMILES string of the molecule is O=C(NC1CCC(n2cc(-c3ccncn3)cn2)CC1)c1cccc2ccncc12. The first-order valence-corrected chi connectivity index (χ1v) is 10.2. The molecule has 1 aliphatic carbocycles. The third-order valence-corrected chi connectivity index (χ3v) is 5.81. The van der Waals surface area contributed by atoms with Gasteiger partial charge in [-0.05, 0) is 49.3 Å². The fourth-order valence-corrected chi connectivity index (χ4v) is 4.19. The lowest BCUT2D eigenvalue weighted by molar-refractivity contribution is 0.0923. The normalized spacial score (nSPS) is 18.9. The van der Waals surface area contributed by atoms with E-state index < -0.39 is 0 Å². The third kappa shape index (κ3) is 3.66. The molecule has 7 heteroatoms. The van der Waals surface area contributed by atoms with Crippen molar-refractivity contribution in [3.8, 4) is 11.3 Å². The Labute approximate surface area is 174 Å². The summed E-state index contributed by atoms with van der Waals surface area (Å²) in [6, 6.07) is 10.1. The maximum Gasteiger partial charge on any atom is 0.252 e. The van der Waals surface area contributed by atoms with Gasteiger partial charge in [0.2, 0.25) is 0 Å². The van der Waals surface area contributed by atoms with E-state index in [0.29, 0.717) is 11.6 Å². The Bertz CT molecular complexity index is 1160. The number of hydrogen-bond acceptors (Lipinski definition) is 5. The van der Waals surface area contributed by atoms with Gasteiger partial charge in [0, 0.05) is 47.3 Å². The molecule has 7 nitrogen and oxygen atoms in total. The number of fused-ring (bicyclic) bond motifs is 1. The zero-order valence-electron chi connectivity index (χ0n) is 16.5. The van der Waals surface area contributed by atoms with Gasteiger partial charge in [-0.3, -0.25) is 14.5 Å². The number of rotatable bonds is 4. The second-order valence-electron chi connectivity index (χ2n) is 7.68. The lowest BCUT2D eigenvalue weighted by Crippen LogP contribution is -2.38. The van der Waals surface area contributed by atoms with E-state index in [0.717, 1.165) is 47.7 Å². The Hall–Kier alpha value is -3.61. The summed E-state index contributed by atoms with van der Waals surface area (Å²) in [6.45, 7) is 0. The Morgan fingerprint density at radius 3 is 2.70 bits per heavy atom. The molecule has 3 aromatic heterocycles. The van der Waals surface area contributed by atoms with E-state index in [9.17, 15) is 4.79 Å². The third-order valence-electron chi connectivity index (χ3n) is 5.81. The van der Waals surface area contributed by atoms with Crippen molar-refractivity contribution in [1.82, 2.24) is 30.0 Å². The maximum atomic E-state index is 12.9. The van der Waals surface area contributed by atoms with Gasteiger partial charge in [-0.15, -0.1) is 0 Å². The number of pyridine rings is 1. The smallest absolute Gasteiger partial charge is 0.252 e. The minimum Gasteiger partial charge on any atom is -0.349 e. The molecule has 0 radical (unpaired) electrons. The second kappa shape index (κ2) is 8.02. The highest BCUT2D eigenvalue weighted by Crippen LogP contribution is 2.30. The van der Waals surface area contributed by atoms with Crippen LogP contribution < -0.4 is 5.32 Å². The summed E-state index contributed by atoms with van der Waals surface area (Å²) in [5.41, 5.74) is 2.56. The number of carbonyl (C=O) groups is 1. The Balaban J connectivity index is 1.22. The van der Waals surface area contributed by atoms with Gasteiger partial charge in [0.05, 0.1) is 17.9 Å². The molecule has 1 amide bonds. The van der Waals surface area contributed by atoms with Gasteiger partial charge in [0.1, 0.15) is 6.33 Å². The number of hydrogen-bond donors (Lipinski definition) is 1. The molecule has 0 unspecified atom stereocenters. The number of aromatic nitrogens is 5. The summed E-state index contributed by atoms with van der Waals surface area (Å²) in [6.07, 6.45) is 14.5. The van der Waals surface area contributed by atoms with Crippen molar-refractivity contribution < 1.29 is 4.79 Å². The van der Waals surface area contributed by atoms with Crippen LogP contribution in [0.25, 0.3) is 22.0 Å². The molecule has 1 saturated carbocycles. The van der Waals surface area contributed by atoms with E-state index in [4.69, 9.17) is 0 Å². The van der Waals surface area contributed by atoms with Crippen LogP contribution in [-0.2, 0) is 0 Å². The van der Waals surface area contributed by atoms with Crippen LogP contribution in [0.4, 0.5) is 0 Å². The molecule has 0 spiro atoms. The Morgan fingerprint density at radius 1 is 1.00 bits per heavy atom. The van der Waals surface area contributed by atoms with Gasteiger partial charge in [-0.1, -0.05) is 12.1 Å². The van der Waals surface area contributed by atoms with Crippen LogP contribution in [0.5, 0.6) is 0 Å². The molecule has 1 aromatic carbocycles. The summed E-state index contributed by atoms with van der Waals surface area (Å²) in [7, 11) is 0. The molecule has 0 aliphatic heterocycles. The highest BCUT2D eigenvalue weighted by atomic mass is 16.1. The number of carbonyl (C=O) groups excluding carboxylic acids is 1. The van der Waals surface area contributed by atoms with Crippen LogP contribution in [0, 0.1) is 0 Å². The molecule has 1 fully saturated rings. The summed E-state index contributed by atoms with van der Waals surface area (Å²) in [4.78, 5) is 25.3. The van der Waals surface area contributed by atoms with Crippen molar-refractivity contribution in [2.24, 2.45) is 0 Å². The van der Waals surface area contributed by atoms with Crippen LogP contribution in [0.3, 0.4) is 0 Å². The molecule has 4 aromatic rings. The van der Waals surface area contributed by atoms with Gasteiger partial charge in [0.25, 0.3) is 5.91 Å². The molecule has 0 saturated heterocycles. The van der Waals surface area contributed by atoms with Crippen LogP contribution >= 0.6 is 0 Å². The van der Waals surface area contributed by atoms with E-state index >= 15 is 0 Å². The van der Waals surface area contributed by atoms with Gasteiger partial charge in [-0.25, -0.2) is 9.97 Å². The zero-order valence-corrected chi connectivity index (χ0v) is 16.5. The van der Waals surface area contributed by atoms with E-state index in [1.165, 1.54) is 0 Å². The van der Waals surface area contributed by atoms with Gasteiger partial charge in [-0.2, -0.15) is 5.10 Å². The van der Waals surface area contributed by atoms with E-state index in [1.54, 1.807) is 24.9 Å². The second-order valence-corrected chi connectivity index (χ2v) is 7.68. The summed E-state index contributed by atoms with van der Waals surface area (Å²) in [5, 5.41) is 9.68. The highest BCUT2D eigenvalue weighted by Gasteiger charge is 2.25. The highest BCUT2D eigenvalue weighted by molar-refractivity contribution is 6.06. The predicted octanol–water partition coefficient (Wildman–Crippen LogP) is 3.80. The predicted molar refractivity (Wildman–Crippen MR) is 114 cm³/mol. The molecule has 1 N–H and O–H groups in total. The number of nitrogens with zero attached hydrogens (tertiary/aromatic N) is 5. The molecule has 150 valence electrons. The minimum atomic E-state index is -0.0258. The first-order chi connectivity index (χ1) is 14.8. The number of amides is 1. The quantitative estimate of drug-likeness (QED) is 0.565. The molecular formula is C23H22N6O. The van der Waals surface area contributed by atoms with Crippen molar-refractivity contribution in [3.63, 3.8) is 0 Å². The Morgan fingerprint density at radius 2 is 1.87 bits per heavy atom. The maximum absolute atomic E-state index is 12.9. The molecule has 0 atom stereocenters. The number of benzene rings is 1. The van der Waals surface area contributed by atoms with Gasteiger partial charge >= 0.3 is 0 Å². The van der Waals surface area contributed by atoms with Crippen molar-refractivity contribution in [2.45, 2.75) is 37.8 Å². The topological polar surface area (TPSA) is 85.6 Å². The monoisotopic (exact) mass is 398 g/mol. The first kappa shape index (κ1) is 18.4. The van der Waals surface area contributed by atoms with Crippen LogP contribution in [-0.4, -0.2) is 36.7 Å². The van der Waals surface area contributed by atoms with Crippen molar-refractivity contribution in [1.29, 1.82) is 0 Å². The van der Waals surface area contributed by atoms with Crippen molar-refractivity contribution >= 4 is 16.7 Å². The number of nitrogens with one attached hydrogen (secondary N) is 1. The summed E-state index contributed by atoms with van der Waals surface area (Å²) in [5.74, 6) is -0.0258.